The third kappa shape index (κ3) is 2.87. The molecule has 1 N–H and O–H groups in total. The number of hydrogen-bond donors (Lipinski definition) is 1. The number of carboxylic acids is 1. The van der Waals surface area contributed by atoms with E-state index < -0.39 is 46.6 Å². The molecule has 1 rings (SSSR count). The summed E-state index contributed by atoms with van der Waals surface area (Å²) >= 11 is 0. The number of halogens is 2. The molecular formula is C9H8F2N2O5. The standard InChI is InChI=1S/C9H8F2N2O5/c1-18-6-3-5(13(16)17)4(2-7(14)15)12-8(6)9(10)11/h3,9H,2H2,1H3,(H,14,15). The Morgan fingerprint density at radius 2 is 2.28 bits per heavy atom. The van der Waals surface area contributed by atoms with Crippen LogP contribution < -0.4 is 4.74 Å². The van der Waals surface area contributed by atoms with Crippen LogP contribution in [0, 0.1) is 10.1 Å². The van der Waals surface area contributed by atoms with Crippen molar-refractivity contribution >= 4 is 11.7 Å². The molecule has 0 saturated carbocycles. The summed E-state index contributed by atoms with van der Waals surface area (Å²) in [5, 5.41) is 19.2. The molecule has 18 heavy (non-hydrogen) atoms. The number of nitro groups is 1. The molecule has 9 heteroatoms. The number of rotatable bonds is 5. The highest BCUT2D eigenvalue weighted by atomic mass is 19.3. The molecule has 0 radical (unpaired) electrons. The molecule has 0 saturated heterocycles. The Kier molecular flexibility index (Phi) is 4.08. The van der Waals surface area contributed by atoms with Gasteiger partial charge in [-0.3, -0.25) is 14.9 Å². The first-order chi connectivity index (χ1) is 8.36. The summed E-state index contributed by atoms with van der Waals surface area (Å²) in [5.74, 6) is -1.86. The summed E-state index contributed by atoms with van der Waals surface area (Å²) in [7, 11) is 1.06. The van der Waals surface area contributed by atoms with E-state index in [2.05, 4.69) is 9.72 Å². The zero-order chi connectivity index (χ0) is 13.9. The van der Waals surface area contributed by atoms with E-state index in [0.29, 0.717) is 0 Å². The summed E-state index contributed by atoms with van der Waals surface area (Å²) in [6.45, 7) is 0. The number of ether oxygens (including phenoxy) is 1. The largest absolute Gasteiger partial charge is 0.494 e. The second kappa shape index (κ2) is 5.34. The van der Waals surface area contributed by atoms with Gasteiger partial charge in [-0.2, -0.15) is 0 Å². The molecule has 0 unspecified atom stereocenters. The van der Waals surface area contributed by atoms with Crippen molar-refractivity contribution in [3.63, 3.8) is 0 Å². The zero-order valence-electron chi connectivity index (χ0n) is 9.09. The third-order valence-corrected chi connectivity index (χ3v) is 2.01. The number of carboxylic acid groups (broad SMARTS) is 1. The maximum absolute atomic E-state index is 12.6. The van der Waals surface area contributed by atoms with Crippen molar-refractivity contribution in [1.82, 2.24) is 4.98 Å². The quantitative estimate of drug-likeness (QED) is 0.638. The van der Waals surface area contributed by atoms with Crippen LogP contribution in [-0.2, 0) is 11.2 Å². The average Bonchev–Trinajstić information content (AvgIpc) is 2.27. The predicted molar refractivity (Wildman–Crippen MR) is 53.7 cm³/mol. The first-order valence-electron chi connectivity index (χ1n) is 4.59. The first kappa shape index (κ1) is 13.7. The molecule has 7 nitrogen and oxygen atoms in total. The van der Waals surface area contributed by atoms with Gasteiger partial charge >= 0.3 is 5.97 Å². The molecule has 1 aromatic heterocycles. The first-order valence-corrected chi connectivity index (χ1v) is 4.59. The Bertz CT molecular complexity index is 492. The van der Waals surface area contributed by atoms with Crippen molar-refractivity contribution in [3.8, 4) is 5.75 Å². The van der Waals surface area contributed by atoms with Crippen molar-refractivity contribution in [2.45, 2.75) is 12.8 Å². The molecule has 98 valence electrons. The van der Waals surface area contributed by atoms with Gasteiger partial charge < -0.3 is 9.84 Å². The van der Waals surface area contributed by atoms with Gasteiger partial charge in [0.05, 0.1) is 24.5 Å². The van der Waals surface area contributed by atoms with Crippen molar-refractivity contribution in [2.75, 3.05) is 7.11 Å². The van der Waals surface area contributed by atoms with Gasteiger partial charge in [0.1, 0.15) is 11.4 Å². The lowest BCUT2D eigenvalue weighted by atomic mass is 10.2. The van der Waals surface area contributed by atoms with E-state index in [0.717, 1.165) is 13.2 Å². The van der Waals surface area contributed by atoms with Gasteiger partial charge in [-0.15, -0.1) is 0 Å². The second-order valence-corrected chi connectivity index (χ2v) is 3.17. The second-order valence-electron chi connectivity index (χ2n) is 3.17. The van der Waals surface area contributed by atoms with Crippen LogP contribution in [0.4, 0.5) is 14.5 Å². The summed E-state index contributed by atoms with van der Waals surface area (Å²) < 4.78 is 29.8. The van der Waals surface area contributed by atoms with Crippen LogP contribution in [0.5, 0.6) is 5.75 Å². The molecule has 0 fully saturated rings. The molecule has 0 atom stereocenters. The van der Waals surface area contributed by atoms with Gasteiger partial charge in [-0.1, -0.05) is 0 Å². The minimum atomic E-state index is -3.02. The Morgan fingerprint density at radius 1 is 1.67 bits per heavy atom. The topological polar surface area (TPSA) is 103 Å². The molecule has 0 aliphatic carbocycles. The van der Waals surface area contributed by atoms with E-state index in [4.69, 9.17) is 5.11 Å². The van der Waals surface area contributed by atoms with Crippen LogP contribution in [0.2, 0.25) is 0 Å². The Hall–Kier alpha value is -2.32. The van der Waals surface area contributed by atoms with E-state index in [1.165, 1.54) is 0 Å². The minimum Gasteiger partial charge on any atom is -0.494 e. The lowest BCUT2D eigenvalue weighted by molar-refractivity contribution is -0.386. The van der Waals surface area contributed by atoms with Crippen LogP contribution in [0.25, 0.3) is 0 Å². The number of aromatic nitrogens is 1. The van der Waals surface area contributed by atoms with E-state index in [9.17, 15) is 23.7 Å². The molecule has 0 aliphatic rings. The molecule has 0 aliphatic heterocycles. The van der Waals surface area contributed by atoms with Gasteiger partial charge in [0.2, 0.25) is 0 Å². The van der Waals surface area contributed by atoms with E-state index in [1.807, 2.05) is 0 Å². The summed E-state index contributed by atoms with van der Waals surface area (Å²) in [4.78, 5) is 23.6. The Labute approximate surface area is 99.2 Å². The SMILES string of the molecule is COc1cc([N+](=O)[O-])c(CC(=O)O)nc1C(F)F. The van der Waals surface area contributed by atoms with Crippen molar-refractivity contribution < 1.29 is 28.3 Å². The van der Waals surface area contributed by atoms with Gasteiger partial charge in [-0.05, 0) is 0 Å². The number of hydrogen-bond acceptors (Lipinski definition) is 5. The predicted octanol–water partition coefficient (Wildman–Crippen LogP) is 1.56. The van der Waals surface area contributed by atoms with E-state index in [1.54, 1.807) is 0 Å². The minimum absolute atomic E-state index is 0.453. The molecule has 0 aromatic carbocycles. The van der Waals surface area contributed by atoms with E-state index >= 15 is 0 Å². The molecule has 1 aromatic rings. The van der Waals surface area contributed by atoms with Crippen molar-refractivity contribution in [2.24, 2.45) is 0 Å². The normalized spacial score (nSPS) is 10.4. The highest BCUT2D eigenvalue weighted by Crippen LogP contribution is 2.32. The summed E-state index contributed by atoms with van der Waals surface area (Å²) in [5.41, 5.74) is -2.03. The van der Waals surface area contributed by atoms with Crippen LogP contribution in [0.15, 0.2) is 6.07 Å². The van der Waals surface area contributed by atoms with Crippen LogP contribution in [0.3, 0.4) is 0 Å². The average molecular weight is 262 g/mol. The fourth-order valence-corrected chi connectivity index (χ4v) is 1.29. The van der Waals surface area contributed by atoms with E-state index in [-0.39, 0.29) is 0 Å². The van der Waals surface area contributed by atoms with Crippen molar-refractivity contribution in [1.29, 1.82) is 0 Å². The lowest BCUT2D eigenvalue weighted by Gasteiger charge is -2.08. The van der Waals surface area contributed by atoms with Crippen LogP contribution in [-0.4, -0.2) is 28.1 Å². The fourth-order valence-electron chi connectivity index (χ4n) is 1.29. The molecular weight excluding hydrogens is 254 g/mol. The summed E-state index contributed by atoms with van der Waals surface area (Å²) in [6, 6.07) is 0.743. The molecule has 0 spiro atoms. The van der Waals surface area contributed by atoms with Crippen LogP contribution in [0.1, 0.15) is 17.8 Å². The smallest absolute Gasteiger partial charge is 0.309 e. The number of alkyl halides is 2. The maximum atomic E-state index is 12.6. The molecule has 0 bridgehead atoms. The van der Waals surface area contributed by atoms with Gasteiger partial charge in [0, 0.05) is 0 Å². The molecule has 0 amide bonds. The van der Waals surface area contributed by atoms with Crippen LogP contribution >= 0.6 is 0 Å². The number of aliphatic carboxylic acids is 1. The molecule has 1 heterocycles. The fraction of sp³-hybridized carbons (Fsp3) is 0.333. The number of carbonyl (C=O) groups is 1. The van der Waals surface area contributed by atoms with Gasteiger partial charge in [-0.25, -0.2) is 13.8 Å². The van der Waals surface area contributed by atoms with Crippen molar-refractivity contribution in [3.05, 3.63) is 27.6 Å². The highest BCUT2D eigenvalue weighted by molar-refractivity contribution is 5.71. The lowest BCUT2D eigenvalue weighted by Crippen LogP contribution is -2.09. The zero-order valence-corrected chi connectivity index (χ0v) is 9.09. The number of pyridine rings is 1. The monoisotopic (exact) mass is 262 g/mol. The maximum Gasteiger partial charge on any atom is 0.309 e. The summed E-state index contributed by atoms with van der Waals surface area (Å²) in [6.07, 6.45) is -3.84. The Morgan fingerprint density at radius 3 is 2.67 bits per heavy atom. The number of methoxy groups -OCH3 is 1. The van der Waals surface area contributed by atoms with Gasteiger partial charge in [0.25, 0.3) is 12.1 Å². The number of nitrogens with zero attached hydrogens (tertiary/aromatic N) is 2. The highest BCUT2D eigenvalue weighted by Gasteiger charge is 2.26. The Balaban J connectivity index is 3.41. The van der Waals surface area contributed by atoms with Gasteiger partial charge in [0.15, 0.2) is 5.75 Å². The third-order valence-electron chi connectivity index (χ3n) is 2.01.